The van der Waals surface area contributed by atoms with Gasteiger partial charge in [0.25, 0.3) is 0 Å². The summed E-state index contributed by atoms with van der Waals surface area (Å²) < 4.78 is 0. The first-order chi connectivity index (χ1) is 9.85. The van der Waals surface area contributed by atoms with Crippen LogP contribution in [0.4, 0.5) is 5.69 Å². The van der Waals surface area contributed by atoms with Crippen LogP contribution in [-0.4, -0.2) is 22.7 Å². The minimum absolute atomic E-state index is 0.0232. The van der Waals surface area contributed by atoms with Crippen molar-refractivity contribution in [2.45, 2.75) is 25.6 Å². The molecule has 20 heavy (non-hydrogen) atoms. The van der Waals surface area contributed by atoms with Gasteiger partial charge in [0.15, 0.2) is 0 Å². The van der Waals surface area contributed by atoms with Crippen LogP contribution in [0.2, 0.25) is 0 Å². The molecular formula is C16H19N3O. The number of nitrogens with zero attached hydrogens (tertiary/aromatic N) is 1. The third kappa shape index (κ3) is 2.98. The third-order valence-corrected chi connectivity index (χ3v) is 3.70. The smallest absolute Gasteiger partial charge is 0.0853 e. The van der Waals surface area contributed by atoms with Crippen LogP contribution in [0.15, 0.2) is 42.6 Å². The first kappa shape index (κ1) is 13.1. The Morgan fingerprint density at radius 2 is 2.10 bits per heavy atom. The van der Waals surface area contributed by atoms with Gasteiger partial charge in [-0.3, -0.25) is 4.98 Å². The van der Waals surface area contributed by atoms with Gasteiger partial charge in [-0.2, -0.15) is 0 Å². The lowest BCUT2D eigenvalue weighted by molar-refractivity contribution is 0.277. The average molecular weight is 269 g/mol. The first-order valence-corrected chi connectivity index (χ1v) is 6.95. The number of anilines is 1. The molecule has 2 aromatic rings. The first-order valence-electron chi connectivity index (χ1n) is 6.95. The van der Waals surface area contributed by atoms with Crippen LogP contribution < -0.4 is 10.6 Å². The Labute approximate surface area is 118 Å². The van der Waals surface area contributed by atoms with Crippen molar-refractivity contribution in [3.8, 4) is 0 Å². The van der Waals surface area contributed by atoms with E-state index in [1.807, 2.05) is 12.1 Å². The van der Waals surface area contributed by atoms with Crippen LogP contribution >= 0.6 is 0 Å². The Balaban J connectivity index is 1.60. The summed E-state index contributed by atoms with van der Waals surface area (Å²) in [6, 6.07) is 12.8. The summed E-state index contributed by atoms with van der Waals surface area (Å²) in [5.41, 5.74) is 4.53. The van der Waals surface area contributed by atoms with Gasteiger partial charge in [0.1, 0.15) is 0 Å². The van der Waals surface area contributed by atoms with Gasteiger partial charge in [-0.15, -0.1) is 0 Å². The van der Waals surface area contributed by atoms with Crippen LogP contribution in [0.5, 0.6) is 0 Å². The van der Waals surface area contributed by atoms with Gasteiger partial charge < -0.3 is 15.7 Å². The highest BCUT2D eigenvalue weighted by Crippen LogP contribution is 2.17. The molecule has 1 aliphatic heterocycles. The molecule has 3 N–H and O–H groups in total. The maximum absolute atomic E-state index is 9.09. The van der Waals surface area contributed by atoms with E-state index in [2.05, 4.69) is 39.9 Å². The SMILES string of the molecule is OCc1cc(NCC2Cc3ccccc3CN2)ccn1. The van der Waals surface area contributed by atoms with E-state index in [9.17, 15) is 0 Å². The molecule has 4 heteroatoms. The Hall–Kier alpha value is -1.91. The molecule has 0 saturated heterocycles. The maximum atomic E-state index is 9.09. The molecule has 2 heterocycles. The van der Waals surface area contributed by atoms with Gasteiger partial charge in [-0.25, -0.2) is 0 Å². The van der Waals surface area contributed by atoms with Crippen molar-refractivity contribution in [2.24, 2.45) is 0 Å². The molecule has 1 aromatic heterocycles. The molecule has 1 unspecified atom stereocenters. The Bertz CT molecular complexity index is 585. The third-order valence-electron chi connectivity index (χ3n) is 3.70. The zero-order valence-corrected chi connectivity index (χ0v) is 11.3. The van der Waals surface area contributed by atoms with Crippen molar-refractivity contribution in [1.29, 1.82) is 0 Å². The number of pyridine rings is 1. The van der Waals surface area contributed by atoms with Gasteiger partial charge in [-0.05, 0) is 29.7 Å². The number of benzene rings is 1. The quantitative estimate of drug-likeness (QED) is 0.791. The lowest BCUT2D eigenvalue weighted by Crippen LogP contribution is -2.40. The van der Waals surface area contributed by atoms with Crippen LogP contribution in [0.25, 0.3) is 0 Å². The molecule has 4 nitrogen and oxygen atoms in total. The Kier molecular flexibility index (Phi) is 3.95. The van der Waals surface area contributed by atoms with Crippen molar-refractivity contribution in [1.82, 2.24) is 10.3 Å². The van der Waals surface area contributed by atoms with E-state index in [0.717, 1.165) is 25.2 Å². The second-order valence-corrected chi connectivity index (χ2v) is 5.13. The fourth-order valence-corrected chi connectivity index (χ4v) is 2.58. The number of rotatable bonds is 4. The van der Waals surface area contributed by atoms with E-state index in [4.69, 9.17) is 5.11 Å². The van der Waals surface area contributed by atoms with Crippen molar-refractivity contribution in [3.05, 3.63) is 59.4 Å². The lowest BCUT2D eigenvalue weighted by Gasteiger charge is -2.26. The lowest BCUT2D eigenvalue weighted by atomic mass is 9.96. The van der Waals surface area contributed by atoms with Gasteiger partial charge in [0.05, 0.1) is 12.3 Å². The van der Waals surface area contributed by atoms with E-state index in [-0.39, 0.29) is 6.61 Å². The van der Waals surface area contributed by atoms with Crippen molar-refractivity contribution in [3.63, 3.8) is 0 Å². The van der Waals surface area contributed by atoms with Crippen molar-refractivity contribution >= 4 is 5.69 Å². The van der Waals surface area contributed by atoms with Gasteiger partial charge in [0.2, 0.25) is 0 Å². The summed E-state index contributed by atoms with van der Waals surface area (Å²) in [4.78, 5) is 4.08. The highest BCUT2D eigenvalue weighted by atomic mass is 16.3. The number of hydrogen-bond donors (Lipinski definition) is 3. The van der Waals surface area contributed by atoms with Crippen LogP contribution in [0.3, 0.4) is 0 Å². The monoisotopic (exact) mass is 269 g/mol. The minimum atomic E-state index is -0.0232. The summed E-state index contributed by atoms with van der Waals surface area (Å²) in [5.74, 6) is 0. The molecule has 104 valence electrons. The van der Waals surface area contributed by atoms with Gasteiger partial charge in [0, 0.05) is 31.0 Å². The Morgan fingerprint density at radius 1 is 1.25 bits per heavy atom. The molecule has 0 aliphatic carbocycles. The zero-order chi connectivity index (χ0) is 13.8. The zero-order valence-electron chi connectivity index (χ0n) is 11.3. The van der Waals surface area contributed by atoms with E-state index in [1.165, 1.54) is 11.1 Å². The molecule has 0 saturated carbocycles. The van der Waals surface area contributed by atoms with Crippen LogP contribution in [0.1, 0.15) is 16.8 Å². The van der Waals surface area contributed by atoms with E-state index in [0.29, 0.717) is 11.7 Å². The molecular weight excluding hydrogens is 250 g/mol. The Morgan fingerprint density at radius 3 is 2.95 bits per heavy atom. The maximum Gasteiger partial charge on any atom is 0.0853 e. The molecule has 1 aliphatic rings. The van der Waals surface area contributed by atoms with Gasteiger partial charge in [-0.1, -0.05) is 24.3 Å². The summed E-state index contributed by atoms with van der Waals surface area (Å²) >= 11 is 0. The number of nitrogens with one attached hydrogen (secondary N) is 2. The number of hydrogen-bond acceptors (Lipinski definition) is 4. The van der Waals surface area contributed by atoms with Crippen molar-refractivity contribution in [2.75, 3.05) is 11.9 Å². The molecule has 0 radical (unpaired) electrons. The topological polar surface area (TPSA) is 57.2 Å². The second kappa shape index (κ2) is 6.03. The average Bonchev–Trinajstić information content (AvgIpc) is 2.53. The number of aliphatic hydroxyl groups is 1. The van der Waals surface area contributed by atoms with E-state index < -0.39 is 0 Å². The van der Waals surface area contributed by atoms with Crippen LogP contribution in [0, 0.1) is 0 Å². The predicted octanol–water partition coefficient (Wildman–Crippen LogP) is 1.70. The van der Waals surface area contributed by atoms with E-state index in [1.54, 1.807) is 6.20 Å². The highest BCUT2D eigenvalue weighted by molar-refractivity contribution is 5.43. The molecule has 0 spiro atoms. The fraction of sp³-hybridized carbons (Fsp3) is 0.312. The standard InChI is InChI=1S/C16H19N3O/c20-11-16-8-14(5-6-17-16)19-10-15-7-12-3-1-2-4-13(12)9-18-15/h1-6,8,15,18,20H,7,9-11H2,(H,17,19). The summed E-state index contributed by atoms with van der Waals surface area (Å²) in [6.45, 7) is 1.77. The largest absolute Gasteiger partial charge is 0.390 e. The normalized spacial score (nSPS) is 17.6. The molecule has 0 amide bonds. The summed E-state index contributed by atoms with van der Waals surface area (Å²) in [7, 11) is 0. The number of fused-ring (bicyclic) bond motifs is 1. The highest BCUT2D eigenvalue weighted by Gasteiger charge is 2.16. The molecule has 1 atom stereocenters. The molecule has 3 rings (SSSR count). The molecule has 1 aromatic carbocycles. The number of aromatic nitrogens is 1. The van der Waals surface area contributed by atoms with Gasteiger partial charge >= 0.3 is 0 Å². The molecule has 0 bridgehead atoms. The van der Waals surface area contributed by atoms with Crippen molar-refractivity contribution < 1.29 is 5.11 Å². The number of aliphatic hydroxyl groups excluding tert-OH is 1. The second-order valence-electron chi connectivity index (χ2n) is 5.13. The van der Waals surface area contributed by atoms with Crippen LogP contribution in [-0.2, 0) is 19.6 Å². The fourth-order valence-electron chi connectivity index (χ4n) is 2.58. The molecule has 0 fully saturated rings. The summed E-state index contributed by atoms with van der Waals surface area (Å²) in [5, 5.41) is 16.0. The predicted molar refractivity (Wildman–Crippen MR) is 79.4 cm³/mol. The summed E-state index contributed by atoms with van der Waals surface area (Å²) in [6.07, 6.45) is 2.76. The minimum Gasteiger partial charge on any atom is -0.390 e. The van der Waals surface area contributed by atoms with E-state index >= 15 is 0 Å².